The Balaban J connectivity index is 1.22. The summed E-state index contributed by atoms with van der Waals surface area (Å²) < 4.78 is 0. The molecule has 3 aromatic carbocycles. The summed E-state index contributed by atoms with van der Waals surface area (Å²) in [6.07, 6.45) is 1.26. The number of anilines is 3. The molecule has 214 valence electrons. The van der Waals surface area contributed by atoms with Gasteiger partial charge in [-0.2, -0.15) is 5.26 Å². The van der Waals surface area contributed by atoms with E-state index in [4.69, 9.17) is 0 Å². The highest BCUT2D eigenvalue weighted by molar-refractivity contribution is 5.99. The molecule has 3 aromatic rings. The van der Waals surface area contributed by atoms with Gasteiger partial charge in [-0.1, -0.05) is 30.3 Å². The monoisotopic (exact) mass is 552 g/mol. The van der Waals surface area contributed by atoms with Crippen LogP contribution in [0.25, 0.3) is 0 Å². The van der Waals surface area contributed by atoms with Crippen LogP contribution in [-0.4, -0.2) is 68.3 Å². The second-order valence-electron chi connectivity index (χ2n) is 11.1. The predicted molar refractivity (Wildman–Crippen MR) is 165 cm³/mol. The summed E-state index contributed by atoms with van der Waals surface area (Å²) in [5.74, 6) is -0.0870. The number of amides is 1. The normalized spacial score (nSPS) is 17.1. The number of nitrogens with zero attached hydrogens (tertiary/aromatic N) is 4. The average molecular weight is 553 g/mol. The highest BCUT2D eigenvalue weighted by Crippen LogP contribution is 2.31. The minimum Gasteiger partial charge on any atom is -0.382 e. The summed E-state index contributed by atoms with van der Waals surface area (Å²) in [6, 6.07) is 22.4. The molecule has 0 aliphatic carbocycles. The van der Waals surface area contributed by atoms with Crippen LogP contribution in [0.4, 0.5) is 17.1 Å². The van der Waals surface area contributed by atoms with E-state index in [0.29, 0.717) is 24.7 Å². The lowest BCUT2D eigenvalue weighted by Crippen LogP contribution is -2.48. The average Bonchev–Trinajstić information content (AvgIpc) is 3.02. The Labute approximate surface area is 243 Å². The van der Waals surface area contributed by atoms with Gasteiger partial charge in [0, 0.05) is 69.3 Å². The van der Waals surface area contributed by atoms with Crippen LogP contribution in [0.15, 0.2) is 60.7 Å². The van der Waals surface area contributed by atoms with Gasteiger partial charge in [0.15, 0.2) is 0 Å². The van der Waals surface area contributed by atoms with E-state index in [2.05, 4.69) is 57.4 Å². The number of rotatable bonds is 7. The van der Waals surface area contributed by atoms with Gasteiger partial charge in [0.25, 0.3) is 5.91 Å². The lowest BCUT2D eigenvalue weighted by atomic mass is 9.98. The third kappa shape index (κ3) is 6.17. The van der Waals surface area contributed by atoms with Gasteiger partial charge < -0.3 is 25.5 Å². The van der Waals surface area contributed by atoms with E-state index >= 15 is 0 Å². The number of carbonyl (C=O) groups excluding carboxylic acids is 1. The van der Waals surface area contributed by atoms with Gasteiger partial charge in [-0.3, -0.25) is 9.69 Å². The first-order chi connectivity index (χ1) is 19.9. The SMILES string of the molecule is CNC(=O)c1ccccc1N1CCN(C(O)c2cc(NC3CCN(c4ccccc4C#N)CC3)c(C)cc2C)CC1. The Bertz CT molecular complexity index is 1420. The molecule has 1 unspecified atom stereocenters. The number of nitriles is 1. The second-order valence-corrected chi connectivity index (χ2v) is 11.1. The van der Waals surface area contributed by atoms with Crippen LogP contribution < -0.4 is 20.4 Å². The molecular formula is C33H40N6O2. The number of carbonyl (C=O) groups is 1. The molecule has 8 heteroatoms. The number of aliphatic hydroxyl groups excluding tert-OH is 1. The number of hydrogen-bond acceptors (Lipinski definition) is 7. The van der Waals surface area contributed by atoms with Gasteiger partial charge in [-0.05, 0) is 68.1 Å². The first-order valence-electron chi connectivity index (χ1n) is 14.5. The van der Waals surface area contributed by atoms with Gasteiger partial charge in [0.05, 0.1) is 16.8 Å². The largest absolute Gasteiger partial charge is 0.382 e. The van der Waals surface area contributed by atoms with Crippen LogP contribution >= 0.6 is 0 Å². The van der Waals surface area contributed by atoms with E-state index in [1.54, 1.807) is 7.05 Å². The topological polar surface area (TPSA) is 94.9 Å². The van der Waals surface area contributed by atoms with Crippen LogP contribution in [0.5, 0.6) is 0 Å². The first kappa shape index (κ1) is 28.5. The number of piperidine rings is 1. The molecule has 1 amide bonds. The van der Waals surface area contributed by atoms with Crippen molar-refractivity contribution in [2.24, 2.45) is 0 Å². The molecule has 8 nitrogen and oxygen atoms in total. The van der Waals surface area contributed by atoms with Crippen molar-refractivity contribution in [2.75, 3.05) is 61.4 Å². The Hall–Kier alpha value is -4.06. The number of piperazine rings is 1. The highest BCUT2D eigenvalue weighted by Gasteiger charge is 2.27. The van der Waals surface area contributed by atoms with Crippen molar-refractivity contribution >= 4 is 23.0 Å². The summed E-state index contributed by atoms with van der Waals surface area (Å²) in [5.41, 5.74) is 7.60. The minimum atomic E-state index is -0.697. The maximum atomic E-state index is 12.4. The molecule has 2 fully saturated rings. The van der Waals surface area contributed by atoms with Crippen LogP contribution in [-0.2, 0) is 0 Å². The van der Waals surface area contributed by atoms with Gasteiger partial charge in [0.1, 0.15) is 12.3 Å². The van der Waals surface area contributed by atoms with Gasteiger partial charge in [0.2, 0.25) is 0 Å². The van der Waals surface area contributed by atoms with E-state index in [-0.39, 0.29) is 5.91 Å². The summed E-state index contributed by atoms with van der Waals surface area (Å²) in [7, 11) is 1.65. The quantitative estimate of drug-likeness (QED) is 0.399. The first-order valence-corrected chi connectivity index (χ1v) is 14.5. The fourth-order valence-electron chi connectivity index (χ4n) is 6.11. The van der Waals surface area contributed by atoms with Crippen LogP contribution in [0.3, 0.4) is 0 Å². The molecule has 2 aliphatic rings. The molecule has 5 rings (SSSR count). The van der Waals surface area contributed by atoms with Crippen molar-refractivity contribution in [1.82, 2.24) is 10.2 Å². The number of benzene rings is 3. The molecule has 0 radical (unpaired) electrons. The van der Waals surface area contributed by atoms with Gasteiger partial charge in [-0.15, -0.1) is 0 Å². The van der Waals surface area contributed by atoms with Crippen molar-refractivity contribution in [3.63, 3.8) is 0 Å². The Morgan fingerprint density at radius 1 is 0.902 bits per heavy atom. The zero-order valence-electron chi connectivity index (χ0n) is 24.2. The number of aliphatic hydroxyl groups is 1. The minimum absolute atomic E-state index is 0.0870. The summed E-state index contributed by atoms with van der Waals surface area (Å²) >= 11 is 0. The zero-order valence-corrected chi connectivity index (χ0v) is 24.2. The molecule has 3 N–H and O–H groups in total. The number of aryl methyl sites for hydroxylation is 2. The molecule has 2 aliphatic heterocycles. The van der Waals surface area contributed by atoms with E-state index < -0.39 is 6.23 Å². The van der Waals surface area contributed by atoms with Gasteiger partial charge in [-0.25, -0.2) is 0 Å². The van der Waals surface area contributed by atoms with Crippen molar-refractivity contribution in [1.29, 1.82) is 5.26 Å². The Morgan fingerprint density at radius 3 is 2.22 bits per heavy atom. The van der Waals surface area contributed by atoms with E-state index in [0.717, 1.165) is 72.8 Å². The zero-order chi connectivity index (χ0) is 28.9. The fourth-order valence-corrected chi connectivity index (χ4v) is 6.11. The maximum Gasteiger partial charge on any atom is 0.253 e. The summed E-state index contributed by atoms with van der Waals surface area (Å²) in [6.45, 7) is 8.82. The van der Waals surface area contributed by atoms with Crippen molar-refractivity contribution in [3.05, 3.63) is 88.5 Å². The van der Waals surface area contributed by atoms with E-state index in [1.807, 2.05) is 48.5 Å². The number of para-hydroxylation sites is 2. The third-order valence-corrected chi connectivity index (χ3v) is 8.49. The molecule has 0 bridgehead atoms. The molecule has 2 saturated heterocycles. The van der Waals surface area contributed by atoms with E-state index in [9.17, 15) is 15.2 Å². The van der Waals surface area contributed by atoms with Crippen molar-refractivity contribution in [3.8, 4) is 6.07 Å². The van der Waals surface area contributed by atoms with Gasteiger partial charge >= 0.3 is 0 Å². The van der Waals surface area contributed by atoms with Crippen molar-refractivity contribution in [2.45, 2.75) is 39.0 Å². The lowest BCUT2D eigenvalue weighted by Gasteiger charge is -2.39. The molecule has 0 saturated carbocycles. The number of hydrogen-bond donors (Lipinski definition) is 3. The lowest BCUT2D eigenvalue weighted by molar-refractivity contribution is -0.00204. The molecule has 41 heavy (non-hydrogen) atoms. The second kappa shape index (κ2) is 12.6. The van der Waals surface area contributed by atoms with Crippen LogP contribution in [0.1, 0.15) is 51.7 Å². The standard InChI is InChI=1S/C33H40N6O2/c1-23-20-24(2)29(36-26-12-14-37(15-13-26)30-10-6-4-8-25(30)22-34)21-28(23)33(41)39-18-16-38(17-19-39)31-11-7-5-9-27(31)32(40)35-3/h4-11,20-21,26,33,36,41H,12-19H2,1-3H3,(H,35,40). The fraction of sp³-hybridized carbons (Fsp3) is 0.394. The summed E-state index contributed by atoms with van der Waals surface area (Å²) in [4.78, 5) is 19.0. The molecule has 0 spiro atoms. The Kier molecular flexibility index (Phi) is 8.77. The maximum absolute atomic E-state index is 12.4. The smallest absolute Gasteiger partial charge is 0.253 e. The third-order valence-electron chi connectivity index (χ3n) is 8.49. The molecule has 1 atom stereocenters. The van der Waals surface area contributed by atoms with Crippen LogP contribution in [0.2, 0.25) is 0 Å². The summed E-state index contributed by atoms with van der Waals surface area (Å²) in [5, 5.41) is 27.5. The predicted octanol–water partition coefficient (Wildman–Crippen LogP) is 4.43. The molecule has 2 heterocycles. The number of nitrogens with one attached hydrogen (secondary N) is 2. The molecule has 0 aromatic heterocycles. The van der Waals surface area contributed by atoms with Crippen molar-refractivity contribution < 1.29 is 9.90 Å². The van der Waals surface area contributed by atoms with E-state index in [1.165, 1.54) is 5.56 Å². The molecular weight excluding hydrogens is 512 g/mol. The highest BCUT2D eigenvalue weighted by atomic mass is 16.3. The van der Waals surface area contributed by atoms with Crippen LogP contribution in [0, 0.1) is 25.2 Å². The Morgan fingerprint density at radius 2 is 1.54 bits per heavy atom.